The Morgan fingerprint density at radius 3 is 2.96 bits per heavy atom. The number of carbonyl (C=O) groups is 1. The zero-order valence-electron chi connectivity index (χ0n) is 15.2. The fourth-order valence-electron chi connectivity index (χ4n) is 3.22. The highest BCUT2D eigenvalue weighted by atomic mass is 33.2. The molecule has 2 saturated heterocycles. The van der Waals surface area contributed by atoms with Gasteiger partial charge in [0, 0.05) is 19.5 Å². The average Bonchev–Trinajstić information content (AvgIpc) is 3.32. The Balaban J connectivity index is 1.57. The van der Waals surface area contributed by atoms with Crippen LogP contribution in [0.15, 0.2) is 16.8 Å². The minimum atomic E-state index is -3.61. The number of aliphatic hydroxyl groups is 1. The van der Waals surface area contributed by atoms with E-state index in [4.69, 9.17) is 9.47 Å². The van der Waals surface area contributed by atoms with Crippen molar-refractivity contribution < 1.29 is 27.8 Å². The van der Waals surface area contributed by atoms with Crippen LogP contribution in [0.5, 0.6) is 0 Å². The van der Waals surface area contributed by atoms with Crippen LogP contribution in [-0.4, -0.2) is 66.9 Å². The normalized spacial score (nSPS) is 25.8. The smallest absolute Gasteiger partial charge is 0.394 e. The highest BCUT2D eigenvalue weighted by Crippen LogP contribution is 2.40. The Bertz CT molecular complexity index is 1000. The van der Waals surface area contributed by atoms with E-state index in [1.165, 1.54) is 22.6 Å². The number of anilines is 1. The van der Waals surface area contributed by atoms with Crippen molar-refractivity contribution in [3.63, 3.8) is 0 Å². The molecule has 2 bridgehead atoms. The van der Waals surface area contributed by atoms with Crippen molar-refractivity contribution in [1.29, 1.82) is 0 Å². The monoisotopic (exact) mass is 446 g/mol. The maximum absolute atomic E-state index is 13.1. The molecular formula is C16H20N3O6S3+. The molecule has 2 N–H and O–H groups in total. The molecule has 1 unspecified atom stereocenters. The summed E-state index contributed by atoms with van der Waals surface area (Å²) in [5.74, 6) is -0.205. The molecule has 2 aliphatic heterocycles. The van der Waals surface area contributed by atoms with Crippen LogP contribution in [0.2, 0.25) is 0 Å². The Morgan fingerprint density at radius 1 is 1.46 bits per heavy atom. The first kappa shape index (κ1) is 19.9. The highest BCUT2D eigenvalue weighted by molar-refractivity contribution is 8.37. The van der Waals surface area contributed by atoms with Crippen LogP contribution < -0.4 is 5.32 Å². The summed E-state index contributed by atoms with van der Waals surface area (Å²) in [4.78, 5) is 16.4. The molecule has 2 aromatic rings. The van der Waals surface area contributed by atoms with Gasteiger partial charge < -0.3 is 19.9 Å². The predicted molar refractivity (Wildman–Crippen MR) is 106 cm³/mol. The van der Waals surface area contributed by atoms with Gasteiger partial charge in [0.05, 0.1) is 29.3 Å². The van der Waals surface area contributed by atoms with Gasteiger partial charge in [-0.25, -0.2) is 4.98 Å². The molecule has 2 fully saturated rings. The number of thiazole rings is 1. The summed E-state index contributed by atoms with van der Waals surface area (Å²) in [7, 11) is -4.73. The molecule has 1 amide bonds. The third-order valence-electron chi connectivity index (χ3n) is 4.51. The first-order valence-electron chi connectivity index (χ1n) is 8.57. The minimum Gasteiger partial charge on any atom is -0.394 e. The highest BCUT2D eigenvalue weighted by Gasteiger charge is 2.48. The largest absolute Gasteiger partial charge is 0.412 e. The molecule has 0 saturated carbocycles. The summed E-state index contributed by atoms with van der Waals surface area (Å²) in [5.41, 5.74) is 1.51. The van der Waals surface area contributed by atoms with E-state index in [-0.39, 0.29) is 25.6 Å². The summed E-state index contributed by atoms with van der Waals surface area (Å²) in [6.45, 7) is 3.31. The van der Waals surface area contributed by atoms with Crippen molar-refractivity contribution in [2.75, 3.05) is 25.0 Å². The fraction of sp³-hybridized carbons (Fsp3) is 0.500. The summed E-state index contributed by atoms with van der Waals surface area (Å²) < 4.78 is 38.7. The molecule has 2 aromatic heterocycles. The number of morpholine rings is 1. The minimum absolute atomic E-state index is 0.113. The van der Waals surface area contributed by atoms with E-state index >= 15 is 0 Å². The number of fused-ring (bicyclic) bond motifs is 2. The molecular weight excluding hydrogens is 426 g/mol. The molecule has 9 nitrogen and oxygen atoms in total. The van der Waals surface area contributed by atoms with Crippen molar-refractivity contribution >= 4 is 40.9 Å². The summed E-state index contributed by atoms with van der Waals surface area (Å²) >= 11 is 1.31. The second kappa shape index (κ2) is 7.44. The number of thiophene rings is 1. The van der Waals surface area contributed by atoms with E-state index in [1.54, 1.807) is 16.8 Å². The lowest BCUT2D eigenvalue weighted by molar-refractivity contribution is -0.114. The van der Waals surface area contributed by atoms with Crippen LogP contribution in [0, 0.1) is 6.92 Å². The Hall–Kier alpha value is -1.41. The van der Waals surface area contributed by atoms with Crippen LogP contribution in [0.1, 0.15) is 12.6 Å². The number of hydrogen-bond acceptors (Lipinski definition) is 8. The number of carbonyl (C=O) groups excluding carboxylic acids is 1. The maximum Gasteiger partial charge on any atom is 0.412 e. The van der Waals surface area contributed by atoms with E-state index in [1.807, 2.05) is 6.92 Å². The van der Waals surface area contributed by atoms with E-state index < -0.39 is 37.1 Å². The number of nitrogens with zero attached hydrogens (tertiary/aromatic N) is 2. The van der Waals surface area contributed by atoms with E-state index in [0.717, 1.165) is 16.1 Å². The number of nitrogens with one attached hydrogen (secondary N) is 1. The number of aryl methyl sites for hydroxylation is 1. The number of aromatic nitrogens is 1. The van der Waals surface area contributed by atoms with Gasteiger partial charge in [0.25, 0.3) is 0 Å². The fourth-order valence-corrected chi connectivity index (χ4v) is 8.61. The number of hydrogen-bond donors (Lipinski definition) is 2. The molecule has 4 atom stereocenters. The van der Waals surface area contributed by atoms with Crippen LogP contribution in [-0.2, 0) is 23.3 Å². The molecule has 0 radical (unpaired) electrons. The van der Waals surface area contributed by atoms with Gasteiger partial charge in [0.2, 0.25) is 5.91 Å². The number of rotatable bonds is 5. The van der Waals surface area contributed by atoms with E-state index in [0.29, 0.717) is 5.13 Å². The van der Waals surface area contributed by atoms with Crippen molar-refractivity contribution in [3.8, 4) is 10.4 Å². The van der Waals surface area contributed by atoms with Gasteiger partial charge in [-0.2, -0.15) is 8.42 Å². The van der Waals surface area contributed by atoms with E-state index in [9.17, 15) is 18.3 Å². The van der Waals surface area contributed by atoms with Crippen molar-refractivity contribution in [1.82, 2.24) is 9.29 Å². The molecule has 0 aliphatic carbocycles. The second-order valence-corrected chi connectivity index (χ2v) is 12.5. The predicted octanol–water partition coefficient (Wildman–Crippen LogP) is 1.34. The molecule has 28 heavy (non-hydrogen) atoms. The lowest BCUT2D eigenvalue weighted by Gasteiger charge is -2.26. The second-order valence-electron chi connectivity index (χ2n) is 6.56. The van der Waals surface area contributed by atoms with Crippen molar-refractivity contribution in [2.24, 2.45) is 0 Å². The summed E-state index contributed by atoms with van der Waals surface area (Å²) in [6.07, 6.45) is -1.60. The zero-order valence-corrected chi connectivity index (χ0v) is 17.6. The molecule has 12 heteroatoms. The van der Waals surface area contributed by atoms with Gasteiger partial charge in [-0.05, 0) is 6.92 Å². The third kappa shape index (κ3) is 3.61. The van der Waals surface area contributed by atoms with Gasteiger partial charge in [0.1, 0.15) is 21.7 Å². The average molecular weight is 447 g/mol. The van der Waals surface area contributed by atoms with Gasteiger partial charge in [-0.15, -0.1) is 4.31 Å². The topological polar surface area (TPSA) is 118 Å². The Labute approximate surface area is 168 Å². The maximum atomic E-state index is 13.1. The quantitative estimate of drug-likeness (QED) is 0.526. The number of aliphatic hydroxyl groups excluding tert-OH is 1. The third-order valence-corrected chi connectivity index (χ3v) is 10.7. The molecule has 4 rings (SSSR count). The Morgan fingerprint density at radius 2 is 2.25 bits per heavy atom. The Kier molecular flexibility index (Phi) is 5.29. The number of amides is 1. The molecule has 2 aliphatic rings. The van der Waals surface area contributed by atoms with Crippen molar-refractivity contribution in [2.45, 2.75) is 32.3 Å². The first-order valence-corrected chi connectivity index (χ1v) is 12.7. The molecule has 0 aromatic carbocycles. The van der Waals surface area contributed by atoms with Crippen LogP contribution in [0.4, 0.5) is 5.13 Å². The standard InChI is InChI=1S/C16H19N3O6S3/c1-9-15(26-16(17-9)18-10(2)21)11-3-4-27(8-11)28(22,23)19-5-12-13(7-20)25-14(6-19)24-12/h3-4,8,12-14,20H,5-7H2,1-2H3/p+1/t12-,13-,14-,27?/m0/s1. The van der Waals surface area contributed by atoms with Gasteiger partial charge in [0.15, 0.2) is 22.2 Å². The van der Waals surface area contributed by atoms with Crippen LogP contribution >= 0.6 is 20.8 Å². The van der Waals surface area contributed by atoms with Gasteiger partial charge >= 0.3 is 9.06 Å². The molecule has 4 heterocycles. The SMILES string of the molecule is CC(=O)Nc1nc(C)c(-c2cc[s+](S(=O)(=O)N3C[C@@H]4O[C@@H](CO)[C@H](C3)O4)c2)s1. The van der Waals surface area contributed by atoms with Crippen molar-refractivity contribution in [3.05, 3.63) is 22.5 Å². The lowest BCUT2D eigenvalue weighted by atomic mass is 10.2. The molecule has 152 valence electrons. The van der Waals surface area contributed by atoms with Crippen LogP contribution in [0.3, 0.4) is 0 Å². The van der Waals surface area contributed by atoms with Gasteiger partial charge in [-0.1, -0.05) is 11.3 Å². The summed E-state index contributed by atoms with van der Waals surface area (Å²) in [5, 5.41) is 15.9. The summed E-state index contributed by atoms with van der Waals surface area (Å²) in [6, 6.07) is 1.78. The van der Waals surface area contributed by atoms with Gasteiger partial charge in [-0.3, -0.25) is 4.79 Å². The number of ether oxygens (including phenoxy) is 2. The first-order chi connectivity index (χ1) is 13.3. The lowest BCUT2D eigenvalue weighted by Crippen LogP contribution is -2.46. The zero-order chi connectivity index (χ0) is 20.1. The van der Waals surface area contributed by atoms with E-state index in [2.05, 4.69) is 10.3 Å². The molecule has 0 spiro atoms. The van der Waals surface area contributed by atoms with Crippen LogP contribution in [0.25, 0.3) is 10.4 Å².